The smallest absolute Gasteiger partial charge is 0.339 e. The fourth-order valence-electron chi connectivity index (χ4n) is 1.80. The van der Waals surface area contributed by atoms with Crippen LogP contribution in [0.5, 0.6) is 0 Å². The normalized spacial score (nSPS) is 11.3. The predicted molar refractivity (Wildman–Crippen MR) is 63.4 cm³/mol. The lowest BCUT2D eigenvalue weighted by Gasteiger charge is -2.05. The first-order valence-electron chi connectivity index (χ1n) is 5.65. The summed E-state index contributed by atoms with van der Waals surface area (Å²) >= 11 is 0. The second-order valence-corrected chi connectivity index (χ2v) is 4.27. The van der Waals surface area contributed by atoms with E-state index in [-0.39, 0.29) is 5.56 Å². The highest BCUT2D eigenvalue weighted by Gasteiger charge is 2.15. The zero-order valence-corrected chi connectivity index (χ0v) is 10.1. The van der Waals surface area contributed by atoms with Gasteiger partial charge in [-0.1, -0.05) is 20.8 Å². The van der Waals surface area contributed by atoms with E-state index in [0.717, 1.165) is 5.69 Å². The van der Waals surface area contributed by atoms with Crippen LogP contribution < -0.4 is 0 Å². The maximum absolute atomic E-state index is 11.1. The summed E-state index contributed by atoms with van der Waals surface area (Å²) in [6.45, 7) is 6.01. The summed E-state index contributed by atoms with van der Waals surface area (Å²) in [4.78, 5) is 15.2. The Labute approximate surface area is 99.1 Å². The van der Waals surface area contributed by atoms with Crippen molar-refractivity contribution in [3.63, 3.8) is 0 Å². The van der Waals surface area contributed by atoms with E-state index in [9.17, 15) is 4.79 Å². The Morgan fingerprint density at radius 2 is 2.24 bits per heavy atom. The van der Waals surface area contributed by atoms with Crippen molar-refractivity contribution in [2.45, 2.75) is 33.1 Å². The van der Waals surface area contributed by atoms with Crippen LogP contribution in [-0.4, -0.2) is 25.7 Å². The monoisotopic (exact) mass is 233 g/mol. The van der Waals surface area contributed by atoms with Gasteiger partial charge < -0.3 is 5.11 Å². The van der Waals surface area contributed by atoms with E-state index in [1.165, 1.54) is 6.20 Å². The number of carboxylic acid groups (broad SMARTS) is 1. The maximum Gasteiger partial charge on any atom is 0.339 e. The van der Waals surface area contributed by atoms with Crippen molar-refractivity contribution in [2.24, 2.45) is 0 Å². The molecule has 1 N–H and O–H groups in total. The SMILES string of the molecule is CCc1c(C(=O)O)cnc2cc(C(C)C)nn12. The van der Waals surface area contributed by atoms with Gasteiger partial charge in [0, 0.05) is 12.3 Å². The fourth-order valence-corrected chi connectivity index (χ4v) is 1.80. The first kappa shape index (κ1) is 11.6. The van der Waals surface area contributed by atoms with E-state index in [2.05, 4.69) is 10.1 Å². The highest BCUT2D eigenvalue weighted by molar-refractivity contribution is 5.88. The molecule has 0 aliphatic heterocycles. The Balaban J connectivity index is 2.72. The Bertz CT molecular complexity index is 572. The summed E-state index contributed by atoms with van der Waals surface area (Å²) in [5.41, 5.74) is 2.54. The number of carboxylic acids is 1. The largest absolute Gasteiger partial charge is 0.478 e. The number of aryl methyl sites for hydroxylation is 1. The van der Waals surface area contributed by atoms with Crippen LogP contribution in [0.3, 0.4) is 0 Å². The van der Waals surface area contributed by atoms with Crippen LogP contribution in [0.15, 0.2) is 12.3 Å². The molecule has 0 bridgehead atoms. The maximum atomic E-state index is 11.1. The highest BCUT2D eigenvalue weighted by atomic mass is 16.4. The number of aromatic nitrogens is 3. The van der Waals surface area contributed by atoms with Crippen molar-refractivity contribution in [1.82, 2.24) is 14.6 Å². The van der Waals surface area contributed by atoms with Crippen LogP contribution >= 0.6 is 0 Å². The van der Waals surface area contributed by atoms with Gasteiger partial charge in [-0.3, -0.25) is 0 Å². The average Bonchev–Trinajstić information content (AvgIpc) is 2.70. The van der Waals surface area contributed by atoms with Gasteiger partial charge in [-0.25, -0.2) is 14.3 Å². The molecule has 0 spiro atoms. The van der Waals surface area contributed by atoms with Crippen LogP contribution in [0, 0.1) is 0 Å². The molecule has 0 aliphatic rings. The number of nitrogens with zero attached hydrogens (tertiary/aromatic N) is 3. The van der Waals surface area contributed by atoms with Gasteiger partial charge in [0.15, 0.2) is 5.65 Å². The third-order valence-electron chi connectivity index (χ3n) is 2.76. The van der Waals surface area contributed by atoms with Gasteiger partial charge in [0.1, 0.15) is 0 Å². The van der Waals surface area contributed by atoms with E-state index in [0.29, 0.717) is 23.7 Å². The van der Waals surface area contributed by atoms with Crippen LogP contribution in [0.25, 0.3) is 5.65 Å². The molecule has 0 fully saturated rings. The zero-order chi connectivity index (χ0) is 12.6. The minimum absolute atomic E-state index is 0.221. The highest BCUT2D eigenvalue weighted by Crippen LogP contribution is 2.17. The number of hydrogen-bond acceptors (Lipinski definition) is 3. The quantitative estimate of drug-likeness (QED) is 0.881. The molecule has 0 radical (unpaired) electrons. The van der Waals surface area contributed by atoms with Crippen molar-refractivity contribution in [3.05, 3.63) is 29.2 Å². The first-order valence-corrected chi connectivity index (χ1v) is 5.65. The predicted octanol–water partition coefficient (Wildman–Crippen LogP) is 2.11. The van der Waals surface area contributed by atoms with E-state index < -0.39 is 5.97 Å². The Hall–Kier alpha value is -1.91. The molecule has 17 heavy (non-hydrogen) atoms. The van der Waals surface area contributed by atoms with Crippen LogP contribution in [-0.2, 0) is 6.42 Å². The van der Waals surface area contributed by atoms with E-state index in [4.69, 9.17) is 5.11 Å². The zero-order valence-electron chi connectivity index (χ0n) is 10.1. The van der Waals surface area contributed by atoms with E-state index >= 15 is 0 Å². The average molecular weight is 233 g/mol. The molecule has 2 rings (SSSR count). The molecule has 0 aromatic carbocycles. The molecule has 0 unspecified atom stereocenters. The lowest BCUT2D eigenvalue weighted by molar-refractivity contribution is 0.0694. The molecule has 5 nitrogen and oxygen atoms in total. The number of fused-ring (bicyclic) bond motifs is 1. The molecule has 90 valence electrons. The lowest BCUT2D eigenvalue weighted by Crippen LogP contribution is -2.09. The number of hydrogen-bond donors (Lipinski definition) is 1. The van der Waals surface area contributed by atoms with Crippen molar-refractivity contribution < 1.29 is 9.90 Å². The van der Waals surface area contributed by atoms with Crippen LogP contribution in [0.2, 0.25) is 0 Å². The van der Waals surface area contributed by atoms with Gasteiger partial charge >= 0.3 is 5.97 Å². The standard InChI is InChI=1S/C12H15N3O2/c1-4-10-8(12(16)17)6-13-11-5-9(7(2)3)14-15(10)11/h5-7H,4H2,1-3H3,(H,16,17). The summed E-state index contributed by atoms with van der Waals surface area (Å²) in [6, 6.07) is 1.90. The number of aromatic carboxylic acids is 1. The Morgan fingerprint density at radius 1 is 1.53 bits per heavy atom. The van der Waals surface area contributed by atoms with Crippen molar-refractivity contribution in [2.75, 3.05) is 0 Å². The molecule has 0 amide bonds. The van der Waals surface area contributed by atoms with Gasteiger partial charge in [0.2, 0.25) is 0 Å². The van der Waals surface area contributed by atoms with Gasteiger partial charge in [0.25, 0.3) is 0 Å². The third kappa shape index (κ3) is 1.88. The first-order chi connectivity index (χ1) is 8.04. The molecule has 0 atom stereocenters. The summed E-state index contributed by atoms with van der Waals surface area (Å²) in [6.07, 6.45) is 2.02. The fraction of sp³-hybridized carbons (Fsp3) is 0.417. The summed E-state index contributed by atoms with van der Waals surface area (Å²) in [7, 11) is 0. The molecular formula is C12H15N3O2. The lowest BCUT2D eigenvalue weighted by atomic mass is 10.1. The van der Waals surface area contributed by atoms with Gasteiger partial charge in [-0.15, -0.1) is 0 Å². The molecule has 0 aliphatic carbocycles. The van der Waals surface area contributed by atoms with Crippen molar-refractivity contribution in [3.8, 4) is 0 Å². The van der Waals surface area contributed by atoms with Crippen LogP contribution in [0.4, 0.5) is 0 Å². The topological polar surface area (TPSA) is 67.5 Å². The minimum atomic E-state index is -0.960. The van der Waals surface area contributed by atoms with E-state index in [1.807, 2.05) is 26.8 Å². The minimum Gasteiger partial charge on any atom is -0.478 e. The van der Waals surface area contributed by atoms with Crippen molar-refractivity contribution >= 4 is 11.6 Å². The molecule has 0 saturated heterocycles. The number of rotatable bonds is 3. The second kappa shape index (κ2) is 4.16. The Kier molecular flexibility index (Phi) is 2.83. The molecule has 5 heteroatoms. The summed E-state index contributed by atoms with van der Waals surface area (Å²) in [5, 5.41) is 13.5. The van der Waals surface area contributed by atoms with Gasteiger partial charge in [-0.05, 0) is 12.3 Å². The van der Waals surface area contributed by atoms with Crippen molar-refractivity contribution in [1.29, 1.82) is 0 Å². The molecular weight excluding hydrogens is 218 g/mol. The third-order valence-corrected chi connectivity index (χ3v) is 2.76. The van der Waals surface area contributed by atoms with Crippen LogP contribution in [0.1, 0.15) is 48.4 Å². The van der Waals surface area contributed by atoms with E-state index in [1.54, 1.807) is 4.52 Å². The number of carbonyl (C=O) groups is 1. The van der Waals surface area contributed by atoms with Gasteiger partial charge in [-0.2, -0.15) is 5.10 Å². The summed E-state index contributed by atoms with van der Waals surface area (Å²) in [5.74, 6) is -0.660. The molecule has 2 aromatic heterocycles. The van der Waals surface area contributed by atoms with Gasteiger partial charge in [0.05, 0.1) is 17.0 Å². The molecule has 0 saturated carbocycles. The second-order valence-electron chi connectivity index (χ2n) is 4.27. The molecule has 2 heterocycles. The summed E-state index contributed by atoms with van der Waals surface area (Å²) < 4.78 is 1.64. The molecule has 2 aromatic rings. The Morgan fingerprint density at radius 3 is 2.76 bits per heavy atom.